The molecule has 6 heteroatoms. The quantitative estimate of drug-likeness (QED) is 0.244. The fraction of sp³-hybridized carbons (Fsp3) is 0.222. The van der Waals surface area contributed by atoms with Crippen LogP contribution in [0.2, 0.25) is 0 Å². The second-order valence-electron chi connectivity index (χ2n) is 7.72. The number of carbonyl (C=O) groups is 2. The van der Waals surface area contributed by atoms with Crippen molar-refractivity contribution in [1.82, 2.24) is 5.43 Å². The number of carbonyl (C=O) groups excluding carboxylic acids is 2. The number of benzene rings is 3. The number of nitrogens with zero attached hydrogens (tertiary/aromatic N) is 1. The van der Waals surface area contributed by atoms with E-state index in [1.165, 1.54) is 0 Å². The topological polar surface area (TPSA) is 79.8 Å². The van der Waals surface area contributed by atoms with Crippen LogP contribution in [0.25, 0.3) is 0 Å². The van der Waals surface area contributed by atoms with E-state index in [1.807, 2.05) is 43.3 Å². The Morgan fingerprint density at radius 1 is 0.909 bits per heavy atom. The monoisotopic (exact) mass is 443 g/mol. The molecule has 0 atom stereocenters. The Labute approximate surface area is 194 Å². The fourth-order valence-electron chi connectivity index (χ4n) is 3.07. The summed E-state index contributed by atoms with van der Waals surface area (Å²) in [6.45, 7) is 4.83. The number of anilines is 1. The molecule has 0 saturated heterocycles. The predicted octanol–water partition coefficient (Wildman–Crippen LogP) is 5.58. The summed E-state index contributed by atoms with van der Waals surface area (Å²) in [5.41, 5.74) is 5.92. The molecular formula is C27H29N3O3. The molecule has 170 valence electrons. The van der Waals surface area contributed by atoms with Crippen molar-refractivity contribution in [2.75, 3.05) is 11.9 Å². The Morgan fingerprint density at radius 3 is 2.39 bits per heavy atom. The van der Waals surface area contributed by atoms with Crippen molar-refractivity contribution in [3.05, 3.63) is 95.1 Å². The highest BCUT2D eigenvalue weighted by Crippen LogP contribution is 2.14. The van der Waals surface area contributed by atoms with Crippen LogP contribution < -0.4 is 15.5 Å². The van der Waals surface area contributed by atoms with Crippen LogP contribution in [0.1, 0.15) is 58.0 Å². The number of rotatable bonds is 10. The highest BCUT2D eigenvalue weighted by molar-refractivity contribution is 6.05. The van der Waals surface area contributed by atoms with Crippen LogP contribution in [0.3, 0.4) is 0 Å². The van der Waals surface area contributed by atoms with E-state index in [2.05, 4.69) is 22.8 Å². The van der Waals surface area contributed by atoms with Crippen LogP contribution in [0.5, 0.6) is 5.75 Å². The Bertz CT molecular complexity index is 1090. The summed E-state index contributed by atoms with van der Waals surface area (Å²) in [6.07, 6.45) is 4.94. The molecule has 33 heavy (non-hydrogen) atoms. The van der Waals surface area contributed by atoms with Gasteiger partial charge in [-0.15, -0.1) is 0 Å². The van der Waals surface area contributed by atoms with Crippen molar-refractivity contribution in [2.24, 2.45) is 5.10 Å². The minimum Gasteiger partial charge on any atom is -0.494 e. The second kappa shape index (κ2) is 12.2. The minimum absolute atomic E-state index is 0.233. The Balaban J connectivity index is 1.52. The van der Waals surface area contributed by atoms with Gasteiger partial charge < -0.3 is 10.1 Å². The first-order chi connectivity index (χ1) is 16.0. The number of unbranched alkanes of at least 4 members (excludes halogenated alkanes) is 2. The van der Waals surface area contributed by atoms with E-state index >= 15 is 0 Å². The van der Waals surface area contributed by atoms with E-state index < -0.39 is 0 Å². The van der Waals surface area contributed by atoms with Gasteiger partial charge in [0.2, 0.25) is 0 Å². The molecule has 0 bridgehead atoms. The van der Waals surface area contributed by atoms with Gasteiger partial charge in [0.05, 0.1) is 12.8 Å². The SMILES string of the molecule is CCCCCOc1ccc(/C=N\NC(=O)c2cccc(NC(=O)c3ccc(C)cc3)c2)cc1. The standard InChI is InChI=1S/C27H29N3O3/c1-3-4-5-17-33-25-15-11-21(12-16-25)19-28-30-27(32)23-7-6-8-24(18-23)29-26(31)22-13-9-20(2)10-14-22/h6-16,18-19H,3-5,17H2,1-2H3,(H,29,31)(H,30,32)/b28-19-. The number of amides is 2. The molecule has 6 nitrogen and oxygen atoms in total. The molecule has 3 aromatic rings. The summed E-state index contributed by atoms with van der Waals surface area (Å²) in [5.74, 6) is 0.216. The van der Waals surface area contributed by atoms with Gasteiger partial charge in [-0.3, -0.25) is 9.59 Å². The summed E-state index contributed by atoms with van der Waals surface area (Å²) >= 11 is 0. The number of nitrogens with one attached hydrogen (secondary N) is 2. The summed E-state index contributed by atoms with van der Waals surface area (Å²) in [7, 11) is 0. The van der Waals surface area contributed by atoms with Crippen LogP contribution in [0.15, 0.2) is 77.9 Å². The lowest BCUT2D eigenvalue weighted by Gasteiger charge is -2.07. The molecule has 0 unspecified atom stereocenters. The second-order valence-corrected chi connectivity index (χ2v) is 7.72. The average molecular weight is 444 g/mol. The van der Waals surface area contributed by atoms with Crippen molar-refractivity contribution >= 4 is 23.7 Å². The van der Waals surface area contributed by atoms with Gasteiger partial charge in [0.1, 0.15) is 5.75 Å². The van der Waals surface area contributed by atoms with Crippen molar-refractivity contribution in [3.63, 3.8) is 0 Å². The van der Waals surface area contributed by atoms with Gasteiger partial charge in [0.15, 0.2) is 0 Å². The molecule has 0 aromatic heterocycles. The predicted molar refractivity (Wildman–Crippen MR) is 132 cm³/mol. The molecule has 3 aromatic carbocycles. The first-order valence-electron chi connectivity index (χ1n) is 11.1. The number of hydrogen-bond donors (Lipinski definition) is 2. The zero-order valence-corrected chi connectivity index (χ0v) is 19.0. The van der Waals surface area contributed by atoms with E-state index in [4.69, 9.17) is 4.74 Å². The Hall–Kier alpha value is -3.93. The van der Waals surface area contributed by atoms with Crippen molar-refractivity contribution < 1.29 is 14.3 Å². The van der Waals surface area contributed by atoms with Crippen LogP contribution >= 0.6 is 0 Å². The third kappa shape index (κ3) is 7.61. The molecule has 0 aliphatic carbocycles. The smallest absolute Gasteiger partial charge is 0.271 e. The van der Waals surface area contributed by atoms with Gasteiger partial charge in [0.25, 0.3) is 11.8 Å². The largest absolute Gasteiger partial charge is 0.494 e. The van der Waals surface area contributed by atoms with E-state index in [0.717, 1.165) is 36.1 Å². The van der Waals surface area contributed by atoms with Gasteiger partial charge >= 0.3 is 0 Å². The maximum atomic E-state index is 12.4. The molecule has 0 aliphatic rings. The lowest BCUT2D eigenvalue weighted by molar-refractivity contribution is 0.0953. The highest BCUT2D eigenvalue weighted by atomic mass is 16.5. The zero-order chi connectivity index (χ0) is 23.5. The van der Waals surface area contributed by atoms with Crippen LogP contribution in [0, 0.1) is 6.92 Å². The summed E-state index contributed by atoms with van der Waals surface area (Å²) in [5, 5.41) is 6.84. The first kappa shape index (κ1) is 23.7. The third-order valence-electron chi connectivity index (χ3n) is 4.97. The molecule has 0 heterocycles. The van der Waals surface area contributed by atoms with Crippen molar-refractivity contribution in [1.29, 1.82) is 0 Å². The van der Waals surface area contributed by atoms with Gasteiger partial charge in [-0.25, -0.2) is 5.43 Å². The van der Waals surface area contributed by atoms with Gasteiger partial charge in [0, 0.05) is 16.8 Å². The molecule has 0 saturated carbocycles. The average Bonchev–Trinajstić information content (AvgIpc) is 2.83. The lowest BCUT2D eigenvalue weighted by atomic mass is 10.1. The molecule has 3 rings (SSSR count). The van der Waals surface area contributed by atoms with Gasteiger partial charge in [-0.05, 0) is 73.5 Å². The molecule has 2 amide bonds. The summed E-state index contributed by atoms with van der Waals surface area (Å²) in [4.78, 5) is 24.9. The lowest BCUT2D eigenvalue weighted by Crippen LogP contribution is -2.18. The molecule has 0 radical (unpaired) electrons. The van der Waals surface area contributed by atoms with Crippen LogP contribution in [-0.4, -0.2) is 24.6 Å². The number of hydrazone groups is 1. The van der Waals surface area contributed by atoms with E-state index in [9.17, 15) is 9.59 Å². The molecule has 2 N–H and O–H groups in total. The van der Waals surface area contributed by atoms with Crippen molar-refractivity contribution in [3.8, 4) is 5.75 Å². The fourth-order valence-corrected chi connectivity index (χ4v) is 3.07. The van der Waals surface area contributed by atoms with Gasteiger partial charge in [-0.2, -0.15) is 5.10 Å². The molecular weight excluding hydrogens is 414 g/mol. The van der Waals surface area contributed by atoms with Crippen LogP contribution in [0.4, 0.5) is 5.69 Å². The van der Waals surface area contributed by atoms with E-state index in [-0.39, 0.29) is 11.8 Å². The Kier molecular flexibility index (Phi) is 8.77. The van der Waals surface area contributed by atoms with Crippen molar-refractivity contribution in [2.45, 2.75) is 33.1 Å². The van der Waals surface area contributed by atoms with E-state index in [0.29, 0.717) is 23.4 Å². The highest BCUT2D eigenvalue weighted by Gasteiger charge is 2.09. The first-order valence-corrected chi connectivity index (χ1v) is 11.1. The summed E-state index contributed by atoms with van der Waals surface area (Å²) in [6, 6.07) is 21.5. The van der Waals surface area contributed by atoms with Crippen LogP contribution in [-0.2, 0) is 0 Å². The molecule has 0 aliphatic heterocycles. The maximum Gasteiger partial charge on any atom is 0.271 e. The molecule has 0 spiro atoms. The van der Waals surface area contributed by atoms with Gasteiger partial charge in [-0.1, -0.05) is 43.5 Å². The Morgan fingerprint density at radius 2 is 1.67 bits per heavy atom. The zero-order valence-electron chi connectivity index (χ0n) is 19.0. The number of hydrogen-bond acceptors (Lipinski definition) is 4. The normalized spacial score (nSPS) is 10.7. The number of ether oxygens (including phenoxy) is 1. The van der Waals surface area contributed by atoms with E-state index in [1.54, 1.807) is 42.6 Å². The maximum absolute atomic E-state index is 12.4. The third-order valence-corrected chi connectivity index (χ3v) is 4.97. The summed E-state index contributed by atoms with van der Waals surface area (Å²) < 4.78 is 5.69. The number of aryl methyl sites for hydroxylation is 1. The molecule has 0 fully saturated rings. The minimum atomic E-state index is -0.367.